The average molecular weight is 532 g/mol. The first-order valence-electron chi connectivity index (χ1n) is 13.3. The molecule has 38 heavy (non-hydrogen) atoms. The van der Waals surface area contributed by atoms with Crippen LogP contribution in [0.5, 0.6) is 0 Å². The highest BCUT2D eigenvalue weighted by molar-refractivity contribution is 8.00. The summed E-state index contributed by atoms with van der Waals surface area (Å²) in [5.41, 5.74) is 0.884. The van der Waals surface area contributed by atoms with Crippen molar-refractivity contribution < 1.29 is 23.8 Å². The van der Waals surface area contributed by atoms with Crippen LogP contribution in [0.3, 0.4) is 0 Å². The van der Waals surface area contributed by atoms with Gasteiger partial charge in [-0.3, -0.25) is 4.79 Å². The van der Waals surface area contributed by atoms with Crippen LogP contribution in [0.1, 0.15) is 39.5 Å². The van der Waals surface area contributed by atoms with Gasteiger partial charge in [-0.2, -0.15) is 0 Å². The van der Waals surface area contributed by atoms with E-state index in [4.69, 9.17) is 14.2 Å². The third-order valence-corrected chi connectivity index (χ3v) is 9.83. The smallest absolute Gasteiger partial charge is 0.344 e. The highest BCUT2D eigenvalue weighted by Gasteiger charge is 2.51. The predicted octanol–water partition coefficient (Wildman–Crippen LogP) is 6.38. The summed E-state index contributed by atoms with van der Waals surface area (Å²) in [7, 11) is -0.346. The second-order valence-electron chi connectivity index (χ2n) is 10.4. The predicted molar refractivity (Wildman–Crippen MR) is 148 cm³/mol. The summed E-state index contributed by atoms with van der Waals surface area (Å²) in [5, 5.41) is 0. The van der Waals surface area contributed by atoms with Crippen LogP contribution in [0.15, 0.2) is 105 Å². The lowest BCUT2D eigenvalue weighted by molar-refractivity contribution is -0.175. The Kier molecular flexibility index (Phi) is 8.08. The summed E-state index contributed by atoms with van der Waals surface area (Å²) < 4.78 is 17.5. The maximum atomic E-state index is 12.8. The highest BCUT2D eigenvalue weighted by Crippen LogP contribution is 2.48. The van der Waals surface area contributed by atoms with Crippen LogP contribution >= 0.6 is 0 Å². The third kappa shape index (κ3) is 5.75. The van der Waals surface area contributed by atoms with Gasteiger partial charge in [0.15, 0.2) is 21.3 Å². The van der Waals surface area contributed by atoms with Crippen LogP contribution in [0, 0.1) is 17.8 Å². The van der Waals surface area contributed by atoms with E-state index >= 15 is 0 Å². The molecule has 6 heteroatoms. The number of benzene rings is 2. The molecule has 4 fully saturated rings. The minimum Gasteiger partial charge on any atom is -0.482 e. The second-order valence-corrected chi connectivity index (χ2v) is 12.4. The third-order valence-electron chi connectivity index (χ3n) is 7.70. The SMILES string of the molecule is C=C(/C=C(C)\C(=C\C)OCC(=O)OC1C2CC3CC(C2)C(=O)OC1C3)[S+](c1ccccc1)c1ccccc1. The average Bonchev–Trinajstić information content (AvgIpc) is 3.08. The Labute approximate surface area is 227 Å². The minimum atomic E-state index is -0.433. The lowest BCUT2D eigenvalue weighted by Gasteiger charge is -2.41. The van der Waals surface area contributed by atoms with Crippen LogP contribution in [-0.4, -0.2) is 30.8 Å². The Morgan fingerprint density at radius 2 is 1.68 bits per heavy atom. The zero-order valence-corrected chi connectivity index (χ0v) is 22.8. The van der Waals surface area contributed by atoms with Crippen molar-refractivity contribution in [3.05, 3.63) is 95.6 Å². The van der Waals surface area contributed by atoms with Crippen molar-refractivity contribution in [2.45, 2.75) is 61.5 Å². The van der Waals surface area contributed by atoms with E-state index < -0.39 is 5.97 Å². The molecule has 4 aliphatic rings. The van der Waals surface area contributed by atoms with Gasteiger partial charge in [-0.15, -0.1) is 0 Å². The fourth-order valence-corrected chi connectivity index (χ4v) is 8.14. The van der Waals surface area contributed by atoms with E-state index in [1.165, 1.54) is 9.79 Å². The number of carbonyl (C=O) groups is 2. The maximum absolute atomic E-state index is 12.8. The monoisotopic (exact) mass is 531 g/mol. The molecule has 0 aromatic heterocycles. The van der Waals surface area contributed by atoms with Crippen molar-refractivity contribution in [1.29, 1.82) is 0 Å². The molecule has 2 aliphatic heterocycles. The Hall–Kier alpha value is -3.25. The van der Waals surface area contributed by atoms with E-state index in [0.29, 0.717) is 11.7 Å². The zero-order chi connectivity index (χ0) is 26.6. The summed E-state index contributed by atoms with van der Waals surface area (Å²) in [6, 6.07) is 20.7. The first-order chi connectivity index (χ1) is 18.4. The summed E-state index contributed by atoms with van der Waals surface area (Å²) in [5.74, 6) is 0.690. The van der Waals surface area contributed by atoms with Gasteiger partial charge in [-0.1, -0.05) is 36.4 Å². The molecule has 2 aliphatic carbocycles. The summed E-state index contributed by atoms with van der Waals surface area (Å²) in [4.78, 5) is 28.5. The van der Waals surface area contributed by atoms with Gasteiger partial charge >= 0.3 is 11.9 Å². The first-order valence-corrected chi connectivity index (χ1v) is 14.6. The molecule has 0 amide bonds. The molecule has 0 N–H and O–H groups in total. The van der Waals surface area contributed by atoms with Gasteiger partial charge < -0.3 is 14.2 Å². The second kappa shape index (κ2) is 11.6. The highest BCUT2D eigenvalue weighted by atomic mass is 32.2. The van der Waals surface area contributed by atoms with Crippen molar-refractivity contribution >= 4 is 22.8 Å². The van der Waals surface area contributed by atoms with Crippen molar-refractivity contribution in [2.75, 3.05) is 6.61 Å². The molecule has 5 atom stereocenters. The van der Waals surface area contributed by atoms with Gasteiger partial charge in [0.1, 0.15) is 18.0 Å². The molecule has 2 saturated heterocycles. The van der Waals surface area contributed by atoms with E-state index in [1.807, 2.05) is 62.4 Å². The molecule has 0 radical (unpaired) electrons. The minimum absolute atomic E-state index is 0.0458. The molecule has 5 nitrogen and oxygen atoms in total. The molecule has 2 heterocycles. The molecular formula is C32H35O5S+. The number of fused-ring (bicyclic) bond motifs is 1. The van der Waals surface area contributed by atoms with Crippen molar-refractivity contribution in [3.8, 4) is 0 Å². The van der Waals surface area contributed by atoms with Gasteiger partial charge in [0.25, 0.3) is 0 Å². The van der Waals surface area contributed by atoms with E-state index in [0.717, 1.165) is 36.2 Å². The van der Waals surface area contributed by atoms with Crippen LogP contribution in [0.25, 0.3) is 0 Å². The summed E-state index contributed by atoms with van der Waals surface area (Å²) >= 11 is 0. The normalized spacial score (nSPS) is 26.6. The van der Waals surface area contributed by atoms with Gasteiger partial charge in [0, 0.05) is 12.0 Å². The molecular weight excluding hydrogens is 496 g/mol. The zero-order valence-electron chi connectivity index (χ0n) is 22.0. The molecule has 2 aromatic rings. The lowest BCUT2D eigenvalue weighted by atomic mass is 9.67. The maximum Gasteiger partial charge on any atom is 0.344 e. The number of rotatable bonds is 9. The Balaban J connectivity index is 1.23. The summed E-state index contributed by atoms with van der Waals surface area (Å²) in [6.07, 6.45) is 6.62. The number of hydrogen-bond acceptors (Lipinski definition) is 5. The standard InChI is InChI=1S/C32H35O5S/c1-4-28(21(2)15-22(3)38(26-11-7-5-8-12-26)27-13-9-6-10-14-27)35-20-30(33)37-31-24-16-23-17-25(19-24)32(34)36-29(31)18-23/h4-15,23-25,29,31H,3,16-20H2,1-2H3/q+1/b21-15-,28-4-. The van der Waals surface area contributed by atoms with E-state index in [-0.39, 0.29) is 47.5 Å². The van der Waals surface area contributed by atoms with Gasteiger partial charge in [-0.05, 0) is 87.9 Å². The molecule has 198 valence electrons. The van der Waals surface area contributed by atoms with E-state index in [1.54, 1.807) is 0 Å². The van der Waals surface area contributed by atoms with Crippen LogP contribution in [0.2, 0.25) is 0 Å². The van der Waals surface area contributed by atoms with Crippen molar-refractivity contribution in [3.63, 3.8) is 0 Å². The van der Waals surface area contributed by atoms with Crippen LogP contribution in [-0.2, 0) is 34.7 Å². The number of esters is 2. The lowest BCUT2D eigenvalue weighted by Crippen LogP contribution is -2.45. The topological polar surface area (TPSA) is 61.8 Å². The van der Waals surface area contributed by atoms with Crippen molar-refractivity contribution in [2.24, 2.45) is 17.8 Å². The van der Waals surface area contributed by atoms with Crippen LogP contribution in [0.4, 0.5) is 0 Å². The Bertz CT molecular complexity index is 1200. The number of allylic oxidation sites excluding steroid dienone is 3. The van der Waals surface area contributed by atoms with Crippen LogP contribution < -0.4 is 0 Å². The van der Waals surface area contributed by atoms with Crippen molar-refractivity contribution in [1.82, 2.24) is 0 Å². The largest absolute Gasteiger partial charge is 0.482 e. The quantitative estimate of drug-likeness (QED) is 0.163. The molecule has 4 bridgehead atoms. The fourth-order valence-electron chi connectivity index (χ4n) is 6.11. The van der Waals surface area contributed by atoms with E-state index in [2.05, 4.69) is 30.8 Å². The molecule has 5 unspecified atom stereocenters. The van der Waals surface area contributed by atoms with Gasteiger partial charge in [0.05, 0.1) is 16.8 Å². The van der Waals surface area contributed by atoms with Gasteiger partial charge in [-0.25, -0.2) is 4.79 Å². The summed E-state index contributed by atoms with van der Waals surface area (Å²) in [6.45, 7) is 8.07. The van der Waals surface area contributed by atoms with E-state index in [9.17, 15) is 9.59 Å². The molecule has 2 aromatic carbocycles. The number of carbonyl (C=O) groups excluding carboxylic acids is 2. The fraction of sp³-hybridized carbons (Fsp3) is 0.375. The number of ether oxygens (including phenoxy) is 3. The Morgan fingerprint density at radius 3 is 2.32 bits per heavy atom. The Morgan fingerprint density at radius 1 is 1.03 bits per heavy atom. The van der Waals surface area contributed by atoms with Gasteiger partial charge in [0.2, 0.25) is 0 Å². The molecule has 2 saturated carbocycles. The first kappa shape index (κ1) is 26.4. The molecule has 6 rings (SSSR count). The molecule has 0 spiro atoms. The number of hydrogen-bond donors (Lipinski definition) is 0.